The van der Waals surface area contributed by atoms with Crippen molar-refractivity contribution in [1.82, 2.24) is 0 Å². The van der Waals surface area contributed by atoms with Crippen LogP contribution in [0.3, 0.4) is 0 Å². The lowest BCUT2D eigenvalue weighted by Gasteiger charge is -2.25. The molecule has 0 aromatic carbocycles. The molecule has 0 aliphatic carbocycles. The zero-order valence-electron chi connectivity index (χ0n) is 9.21. The van der Waals surface area contributed by atoms with Crippen LogP contribution in [-0.4, -0.2) is 21.9 Å². The molecular weight excluding hydrogens is 164 g/mol. The molecule has 0 aromatic heterocycles. The van der Waals surface area contributed by atoms with E-state index in [2.05, 4.69) is 0 Å². The molecule has 0 heterocycles. The minimum Gasteiger partial charge on any atom is -0.393 e. The van der Waals surface area contributed by atoms with Gasteiger partial charge in [-0.2, -0.15) is 0 Å². The van der Waals surface area contributed by atoms with Gasteiger partial charge >= 0.3 is 0 Å². The molecule has 0 bridgehead atoms. The first-order valence-corrected chi connectivity index (χ1v) is 5.44. The smallest absolute Gasteiger partial charge is 0.0642 e. The van der Waals surface area contributed by atoms with Crippen LogP contribution in [0.5, 0.6) is 0 Å². The summed E-state index contributed by atoms with van der Waals surface area (Å²) in [5, 5.41) is 19.0. The molecule has 0 radical (unpaired) electrons. The van der Waals surface area contributed by atoms with E-state index in [4.69, 9.17) is 5.11 Å². The zero-order valence-corrected chi connectivity index (χ0v) is 9.21. The highest BCUT2D eigenvalue weighted by Gasteiger charge is 2.20. The predicted octanol–water partition coefficient (Wildman–Crippen LogP) is 2.48. The molecule has 0 rings (SSSR count). The van der Waals surface area contributed by atoms with Crippen molar-refractivity contribution in [2.24, 2.45) is 0 Å². The number of aliphatic hydroxyl groups is 2. The molecule has 2 heteroatoms. The van der Waals surface area contributed by atoms with Crippen LogP contribution in [0.1, 0.15) is 59.3 Å². The van der Waals surface area contributed by atoms with Crippen molar-refractivity contribution in [3.05, 3.63) is 0 Å². The van der Waals surface area contributed by atoms with Crippen molar-refractivity contribution in [3.63, 3.8) is 0 Å². The topological polar surface area (TPSA) is 40.5 Å². The van der Waals surface area contributed by atoms with Crippen LogP contribution in [0.25, 0.3) is 0 Å². The Kier molecular flexibility index (Phi) is 6.35. The Morgan fingerprint density at radius 1 is 1.15 bits per heavy atom. The van der Waals surface area contributed by atoms with Crippen molar-refractivity contribution >= 4 is 0 Å². The third-order valence-electron chi connectivity index (χ3n) is 2.83. The highest BCUT2D eigenvalue weighted by molar-refractivity contribution is 4.74. The molecule has 0 saturated heterocycles. The van der Waals surface area contributed by atoms with E-state index >= 15 is 0 Å². The Morgan fingerprint density at radius 3 is 2.08 bits per heavy atom. The maximum atomic E-state index is 9.93. The van der Waals surface area contributed by atoms with Crippen LogP contribution in [0.15, 0.2) is 0 Å². The van der Waals surface area contributed by atoms with E-state index in [1.807, 2.05) is 20.8 Å². The third-order valence-corrected chi connectivity index (χ3v) is 2.83. The predicted molar refractivity (Wildman–Crippen MR) is 55.7 cm³/mol. The van der Waals surface area contributed by atoms with Crippen LogP contribution < -0.4 is 0 Å². The van der Waals surface area contributed by atoms with E-state index in [9.17, 15) is 5.11 Å². The van der Waals surface area contributed by atoms with Crippen LogP contribution >= 0.6 is 0 Å². The van der Waals surface area contributed by atoms with Crippen LogP contribution in [0, 0.1) is 0 Å². The lowest BCUT2D eigenvalue weighted by atomic mass is 9.90. The van der Waals surface area contributed by atoms with E-state index in [0.717, 1.165) is 38.5 Å². The van der Waals surface area contributed by atoms with E-state index in [1.54, 1.807) is 0 Å². The Morgan fingerprint density at radius 2 is 1.69 bits per heavy atom. The first-order valence-electron chi connectivity index (χ1n) is 5.44. The molecule has 0 amide bonds. The fourth-order valence-electron chi connectivity index (χ4n) is 1.50. The second-order valence-electron chi connectivity index (χ2n) is 4.03. The molecule has 0 fully saturated rings. The van der Waals surface area contributed by atoms with Crippen LogP contribution in [-0.2, 0) is 0 Å². The average Bonchev–Trinajstić information content (AvgIpc) is 2.12. The number of rotatable bonds is 7. The second-order valence-corrected chi connectivity index (χ2v) is 4.03. The second kappa shape index (κ2) is 6.39. The highest BCUT2D eigenvalue weighted by Crippen LogP contribution is 2.22. The fraction of sp³-hybridized carbons (Fsp3) is 1.00. The van der Waals surface area contributed by atoms with Crippen molar-refractivity contribution in [2.45, 2.75) is 71.0 Å². The largest absolute Gasteiger partial charge is 0.393 e. The summed E-state index contributed by atoms with van der Waals surface area (Å²) >= 11 is 0. The number of hydrogen-bond donors (Lipinski definition) is 2. The molecule has 0 aliphatic heterocycles. The first kappa shape index (κ1) is 12.9. The fourth-order valence-corrected chi connectivity index (χ4v) is 1.50. The van der Waals surface area contributed by atoms with Gasteiger partial charge in [0.05, 0.1) is 11.7 Å². The van der Waals surface area contributed by atoms with Gasteiger partial charge in [-0.15, -0.1) is 0 Å². The lowest BCUT2D eigenvalue weighted by Crippen LogP contribution is -2.26. The molecule has 0 spiro atoms. The quantitative estimate of drug-likeness (QED) is 0.603. The number of hydrogen-bond acceptors (Lipinski definition) is 2. The van der Waals surface area contributed by atoms with Gasteiger partial charge < -0.3 is 10.2 Å². The third kappa shape index (κ3) is 6.05. The summed E-state index contributed by atoms with van der Waals surface area (Å²) in [4.78, 5) is 0. The molecule has 0 aliphatic rings. The maximum Gasteiger partial charge on any atom is 0.0642 e. The molecule has 13 heavy (non-hydrogen) atoms. The molecule has 1 atom stereocenters. The molecule has 2 nitrogen and oxygen atoms in total. The van der Waals surface area contributed by atoms with Gasteiger partial charge in [-0.3, -0.25) is 0 Å². The van der Waals surface area contributed by atoms with Crippen molar-refractivity contribution in [2.75, 3.05) is 0 Å². The van der Waals surface area contributed by atoms with E-state index in [0.29, 0.717) is 0 Å². The van der Waals surface area contributed by atoms with Crippen LogP contribution in [0.4, 0.5) is 0 Å². The van der Waals surface area contributed by atoms with Gasteiger partial charge in [0.15, 0.2) is 0 Å². The van der Waals surface area contributed by atoms with E-state index < -0.39 is 5.60 Å². The highest BCUT2D eigenvalue weighted by atomic mass is 16.3. The van der Waals surface area contributed by atoms with Crippen molar-refractivity contribution in [1.29, 1.82) is 0 Å². The summed E-state index contributed by atoms with van der Waals surface area (Å²) in [5.74, 6) is 0. The minimum atomic E-state index is -0.460. The van der Waals surface area contributed by atoms with Gasteiger partial charge in [0.25, 0.3) is 0 Å². The summed E-state index contributed by atoms with van der Waals surface area (Å²) in [7, 11) is 0. The number of unbranched alkanes of at least 4 members (excludes halogenated alkanes) is 1. The Labute approximate surface area is 82.0 Å². The van der Waals surface area contributed by atoms with Crippen molar-refractivity contribution in [3.8, 4) is 0 Å². The summed E-state index contributed by atoms with van der Waals surface area (Å²) in [6.45, 7) is 5.86. The Bertz CT molecular complexity index is 117. The SMILES string of the molecule is CCC(O)(CC)CCCCC(C)O. The maximum absolute atomic E-state index is 9.93. The monoisotopic (exact) mass is 188 g/mol. The zero-order chi connectivity index (χ0) is 10.3. The molecule has 0 saturated carbocycles. The van der Waals surface area contributed by atoms with Gasteiger partial charge in [-0.05, 0) is 32.6 Å². The normalized spacial score (nSPS) is 14.5. The van der Waals surface area contributed by atoms with Gasteiger partial charge in [0.1, 0.15) is 0 Å². The van der Waals surface area contributed by atoms with E-state index in [-0.39, 0.29) is 6.10 Å². The minimum absolute atomic E-state index is 0.198. The molecule has 80 valence electrons. The Balaban J connectivity index is 3.50. The standard InChI is InChI=1S/C11H24O2/c1-4-11(13,5-2)9-7-6-8-10(3)12/h10,12-13H,4-9H2,1-3H3. The molecule has 2 N–H and O–H groups in total. The first-order chi connectivity index (χ1) is 6.04. The molecule has 1 unspecified atom stereocenters. The van der Waals surface area contributed by atoms with Gasteiger partial charge in [0, 0.05) is 0 Å². The summed E-state index contributed by atoms with van der Waals surface area (Å²) < 4.78 is 0. The average molecular weight is 188 g/mol. The van der Waals surface area contributed by atoms with Crippen molar-refractivity contribution < 1.29 is 10.2 Å². The molecular formula is C11H24O2. The summed E-state index contributed by atoms with van der Waals surface area (Å²) in [6, 6.07) is 0. The lowest BCUT2D eigenvalue weighted by molar-refractivity contribution is 0.0203. The number of aliphatic hydroxyl groups excluding tert-OH is 1. The van der Waals surface area contributed by atoms with Gasteiger partial charge in [-0.25, -0.2) is 0 Å². The van der Waals surface area contributed by atoms with Crippen LogP contribution in [0.2, 0.25) is 0 Å². The van der Waals surface area contributed by atoms with E-state index in [1.165, 1.54) is 0 Å². The van der Waals surface area contributed by atoms with Gasteiger partial charge in [0.2, 0.25) is 0 Å². The van der Waals surface area contributed by atoms with Gasteiger partial charge in [-0.1, -0.05) is 26.7 Å². The Hall–Kier alpha value is -0.0800. The summed E-state index contributed by atoms with van der Waals surface area (Å²) in [6.07, 6.45) is 5.21. The summed E-state index contributed by atoms with van der Waals surface area (Å²) in [5.41, 5.74) is -0.460. The molecule has 0 aromatic rings.